The Kier molecular flexibility index (Phi) is 20.4. The second kappa shape index (κ2) is 23.9. The number of nitrogens with one attached hydrogen (secondary N) is 3. The van der Waals surface area contributed by atoms with Crippen LogP contribution in [0.4, 0.5) is 0 Å². The molecule has 1 fully saturated rings. The van der Waals surface area contributed by atoms with E-state index in [4.69, 9.17) is 0 Å². The molecular weight excluding hydrogens is 683 g/mol. The third-order valence-corrected chi connectivity index (χ3v) is 11.0. The fraction of sp³-hybridized carbons (Fsp3) is 0.692. The van der Waals surface area contributed by atoms with Crippen molar-refractivity contribution in [3.05, 3.63) is 35.9 Å². The Morgan fingerprint density at radius 2 is 1.17 bits per heavy atom. The normalized spacial score (nSPS) is 24.7. The maximum Gasteiger partial charge on any atom is 0.318 e. The van der Waals surface area contributed by atoms with E-state index in [1.54, 1.807) is 14.1 Å². The summed E-state index contributed by atoms with van der Waals surface area (Å²) < 4.78 is 0. The molecule has 6 unspecified atom stereocenters. The molecule has 4 N–H and O–H groups in total. The molecule has 2 rings (SSSR count). The molecule has 1 aliphatic rings. The zero-order valence-corrected chi connectivity index (χ0v) is 33.0. The van der Waals surface area contributed by atoms with Gasteiger partial charge in [0.15, 0.2) is 0 Å². The maximum atomic E-state index is 14.3. The summed E-state index contributed by atoms with van der Waals surface area (Å²) in [5.74, 6) is -3.14. The van der Waals surface area contributed by atoms with Crippen LogP contribution >= 0.6 is 11.8 Å². The summed E-state index contributed by atoms with van der Waals surface area (Å²) in [5.41, 5.74) is 0.826. The largest absolute Gasteiger partial charge is 0.480 e. The molecule has 5 amide bonds. The number of hydrogen-bond acceptors (Lipinski definition) is 7. The first-order valence-corrected chi connectivity index (χ1v) is 20.3. The van der Waals surface area contributed by atoms with E-state index in [2.05, 4.69) is 16.0 Å². The highest BCUT2D eigenvalue weighted by molar-refractivity contribution is 8.00. The lowest BCUT2D eigenvalue weighted by atomic mass is 10.00. The van der Waals surface area contributed by atoms with E-state index in [9.17, 15) is 33.9 Å². The smallest absolute Gasteiger partial charge is 0.318 e. The Bertz CT molecular complexity index is 1300. The molecule has 0 aromatic heterocycles. The highest BCUT2D eigenvalue weighted by Crippen LogP contribution is 2.22. The van der Waals surface area contributed by atoms with E-state index in [-0.39, 0.29) is 18.6 Å². The number of nitrogens with zero attached hydrogens (tertiary/aromatic N) is 2. The van der Waals surface area contributed by atoms with Gasteiger partial charge in [0.05, 0.1) is 6.04 Å². The van der Waals surface area contributed by atoms with Gasteiger partial charge in [-0.2, -0.15) is 0 Å². The van der Waals surface area contributed by atoms with Crippen LogP contribution in [0.2, 0.25) is 0 Å². The molecule has 0 bridgehead atoms. The fourth-order valence-corrected chi connectivity index (χ4v) is 7.58. The molecule has 1 aromatic carbocycles. The number of hydrogen-bond donors (Lipinski definition) is 4. The first-order valence-electron chi connectivity index (χ1n) is 19.2. The molecule has 6 atom stereocenters. The van der Waals surface area contributed by atoms with Crippen LogP contribution in [-0.2, 0) is 35.2 Å². The number of thioether (sulfide) groups is 1. The van der Waals surface area contributed by atoms with Crippen LogP contribution in [0.15, 0.2) is 30.3 Å². The van der Waals surface area contributed by atoms with Crippen LogP contribution in [0.5, 0.6) is 0 Å². The van der Waals surface area contributed by atoms with Crippen molar-refractivity contribution in [2.24, 2.45) is 0 Å². The molecule has 0 saturated carbocycles. The van der Waals surface area contributed by atoms with Crippen LogP contribution in [-0.4, -0.2) is 106 Å². The van der Waals surface area contributed by atoms with Crippen LogP contribution in [0.25, 0.3) is 0 Å². The number of rotatable bonds is 15. The highest BCUT2D eigenvalue weighted by atomic mass is 32.2. The summed E-state index contributed by atoms with van der Waals surface area (Å²) in [7, 11) is 3.13. The van der Waals surface area contributed by atoms with Gasteiger partial charge in [0, 0.05) is 26.3 Å². The molecule has 292 valence electrons. The molecule has 1 aliphatic heterocycles. The molecular formula is C39H63N5O7S. The topological polar surface area (TPSA) is 165 Å². The Morgan fingerprint density at radius 3 is 1.65 bits per heavy atom. The molecule has 12 nitrogen and oxygen atoms in total. The number of aliphatic carboxylic acids is 1. The van der Waals surface area contributed by atoms with Gasteiger partial charge in [0.1, 0.15) is 29.4 Å². The van der Waals surface area contributed by atoms with Gasteiger partial charge in [-0.3, -0.25) is 28.8 Å². The Labute approximate surface area is 315 Å². The highest BCUT2D eigenvalue weighted by Gasteiger charge is 2.38. The molecule has 0 radical (unpaired) electrons. The minimum atomic E-state index is -1.13. The standard InChI is InChI=1S/C39H63N5O7S/c1-7-11-20-28-37(48)43(5)31(22-13-9-3)35(46)41-29(21-12-8-2)38(49)44(6)32(23-14-10-4)36(47)42-30(26-27-18-16-15-17-19-27)34(39(50)51)52-25-24-33(45)40-28/h15-19,28-32,34H,7-14,20-26H2,1-6H3,(H,40,45)(H,41,46)(H,42,47)(H,50,51). The molecule has 1 aromatic rings. The van der Waals surface area contributed by atoms with Crippen molar-refractivity contribution in [1.29, 1.82) is 0 Å². The van der Waals surface area contributed by atoms with E-state index in [1.807, 2.05) is 58.0 Å². The van der Waals surface area contributed by atoms with Crippen molar-refractivity contribution in [3.8, 4) is 0 Å². The fourth-order valence-electron chi connectivity index (χ4n) is 6.48. The summed E-state index contributed by atoms with van der Waals surface area (Å²) in [6.07, 6.45) is 7.36. The molecule has 52 heavy (non-hydrogen) atoms. The molecule has 0 aliphatic carbocycles. The van der Waals surface area contributed by atoms with E-state index in [0.29, 0.717) is 51.4 Å². The SMILES string of the molecule is CCCCC1NC(=O)CCSC(C(=O)O)C(Cc2ccccc2)NC(=O)C(CCCC)N(C)C(=O)C(CCCC)NC(=O)C(CCCC)N(C)C1=O. The van der Waals surface area contributed by atoms with Gasteiger partial charge in [-0.25, -0.2) is 0 Å². The summed E-state index contributed by atoms with van der Waals surface area (Å²) in [5, 5.41) is 18.1. The van der Waals surface area contributed by atoms with Crippen LogP contribution in [0.1, 0.15) is 117 Å². The average molecular weight is 746 g/mol. The number of likely N-dealkylation sites (N-methyl/N-ethyl adjacent to an activating group) is 2. The monoisotopic (exact) mass is 745 g/mol. The van der Waals surface area contributed by atoms with Crippen molar-refractivity contribution >= 4 is 47.3 Å². The van der Waals surface area contributed by atoms with E-state index in [1.165, 1.54) is 9.80 Å². The summed E-state index contributed by atoms with van der Waals surface area (Å²) >= 11 is 1.06. The maximum absolute atomic E-state index is 14.3. The zero-order valence-electron chi connectivity index (χ0n) is 32.2. The average Bonchev–Trinajstić information content (AvgIpc) is 3.12. The number of carbonyl (C=O) groups excluding carboxylic acids is 5. The van der Waals surface area contributed by atoms with Gasteiger partial charge in [0.25, 0.3) is 0 Å². The van der Waals surface area contributed by atoms with Crippen LogP contribution in [0, 0.1) is 0 Å². The second-order valence-electron chi connectivity index (χ2n) is 13.9. The summed E-state index contributed by atoms with van der Waals surface area (Å²) in [4.78, 5) is 85.4. The molecule has 1 heterocycles. The Hall–Kier alpha value is -3.61. The number of carboxylic acids is 1. The third kappa shape index (κ3) is 14.1. The van der Waals surface area contributed by atoms with Gasteiger partial charge >= 0.3 is 5.97 Å². The van der Waals surface area contributed by atoms with Crippen LogP contribution in [0.3, 0.4) is 0 Å². The zero-order chi connectivity index (χ0) is 38.6. The Balaban J connectivity index is 2.67. The van der Waals surface area contributed by atoms with Crippen molar-refractivity contribution in [3.63, 3.8) is 0 Å². The van der Waals surface area contributed by atoms with Gasteiger partial charge in [-0.1, -0.05) is 109 Å². The molecule has 1 saturated heterocycles. The summed E-state index contributed by atoms with van der Waals surface area (Å²) in [6.45, 7) is 7.96. The van der Waals surface area contributed by atoms with Crippen molar-refractivity contribution in [2.75, 3.05) is 19.8 Å². The molecule has 0 spiro atoms. The Morgan fingerprint density at radius 1 is 0.712 bits per heavy atom. The van der Waals surface area contributed by atoms with Gasteiger partial charge in [-0.15, -0.1) is 11.8 Å². The van der Waals surface area contributed by atoms with Gasteiger partial charge < -0.3 is 30.9 Å². The first kappa shape index (κ1) is 44.6. The van der Waals surface area contributed by atoms with Crippen molar-refractivity contribution in [1.82, 2.24) is 25.8 Å². The van der Waals surface area contributed by atoms with Crippen molar-refractivity contribution in [2.45, 2.75) is 153 Å². The summed E-state index contributed by atoms with van der Waals surface area (Å²) in [6, 6.07) is 4.80. The quantitative estimate of drug-likeness (QED) is 0.201. The van der Waals surface area contributed by atoms with Crippen molar-refractivity contribution < 1.29 is 33.9 Å². The number of amides is 5. The third-order valence-electron chi connectivity index (χ3n) is 9.70. The lowest BCUT2D eigenvalue weighted by molar-refractivity contribution is -0.145. The molecule has 13 heteroatoms. The van der Waals surface area contributed by atoms with E-state index < -0.39 is 71.0 Å². The minimum Gasteiger partial charge on any atom is -0.480 e. The van der Waals surface area contributed by atoms with Gasteiger partial charge in [-0.05, 0) is 37.7 Å². The first-order chi connectivity index (χ1) is 24.9. The number of carboxylic acid groups (broad SMARTS) is 1. The van der Waals surface area contributed by atoms with Crippen LogP contribution < -0.4 is 16.0 Å². The van der Waals surface area contributed by atoms with Gasteiger partial charge in [0.2, 0.25) is 29.5 Å². The number of benzene rings is 1. The predicted molar refractivity (Wildman–Crippen MR) is 206 cm³/mol. The second-order valence-corrected chi connectivity index (χ2v) is 15.1. The lowest BCUT2D eigenvalue weighted by Crippen LogP contribution is -2.59. The lowest BCUT2D eigenvalue weighted by Gasteiger charge is -2.34. The van der Waals surface area contributed by atoms with E-state index in [0.717, 1.165) is 43.0 Å². The number of unbranched alkanes of at least 4 members (excludes halogenated alkanes) is 4. The minimum absolute atomic E-state index is 0.0463. The predicted octanol–water partition coefficient (Wildman–Crippen LogP) is 4.69. The number of carbonyl (C=O) groups is 6. The van der Waals surface area contributed by atoms with E-state index >= 15 is 0 Å².